The predicted molar refractivity (Wildman–Crippen MR) is 125 cm³/mol. The quantitative estimate of drug-likeness (QED) is 0.182. The molecule has 0 bridgehead atoms. The fourth-order valence-electron chi connectivity index (χ4n) is 3.18. The highest BCUT2D eigenvalue weighted by molar-refractivity contribution is 6.53. The van der Waals surface area contributed by atoms with E-state index in [0.29, 0.717) is 11.4 Å². The summed E-state index contributed by atoms with van der Waals surface area (Å²) in [5.41, 5.74) is 1.82. The number of benzene rings is 3. The van der Waals surface area contributed by atoms with E-state index in [1.807, 2.05) is 6.92 Å². The van der Waals surface area contributed by atoms with Gasteiger partial charge in [0.25, 0.3) is 17.5 Å². The van der Waals surface area contributed by atoms with Gasteiger partial charge in [-0.1, -0.05) is 29.3 Å². The first kappa shape index (κ1) is 22.7. The first-order valence-electron chi connectivity index (χ1n) is 9.93. The minimum atomic E-state index is -0.671. The van der Waals surface area contributed by atoms with E-state index in [1.165, 1.54) is 48.5 Å². The number of nitrogens with zero attached hydrogens (tertiary/aromatic N) is 2. The van der Waals surface area contributed by atoms with Gasteiger partial charge in [0.1, 0.15) is 16.5 Å². The lowest BCUT2D eigenvalue weighted by Gasteiger charge is -2.15. The third-order valence-electron chi connectivity index (χ3n) is 4.97. The molecule has 1 N–H and O–H groups in total. The summed E-state index contributed by atoms with van der Waals surface area (Å²) in [6.45, 7) is 1.89. The molecule has 9 nitrogen and oxygen atoms in total. The number of halogens is 1. The molecule has 0 atom stereocenters. The third kappa shape index (κ3) is 4.50. The van der Waals surface area contributed by atoms with Crippen LogP contribution in [-0.2, 0) is 9.59 Å². The molecule has 1 aliphatic rings. The molecule has 1 heterocycles. The normalized spacial score (nSPS) is 13.3. The van der Waals surface area contributed by atoms with Crippen molar-refractivity contribution in [3.8, 4) is 5.75 Å². The van der Waals surface area contributed by atoms with Crippen LogP contribution in [-0.4, -0.2) is 22.7 Å². The number of rotatable bonds is 6. The summed E-state index contributed by atoms with van der Waals surface area (Å²) < 4.78 is 5.21. The van der Waals surface area contributed by atoms with E-state index >= 15 is 0 Å². The van der Waals surface area contributed by atoms with Gasteiger partial charge in [0.15, 0.2) is 0 Å². The average molecular weight is 478 g/mol. The van der Waals surface area contributed by atoms with E-state index in [4.69, 9.17) is 16.3 Å². The second kappa shape index (κ2) is 9.16. The molecule has 0 fully saturated rings. The second-order valence-electron chi connectivity index (χ2n) is 7.31. The minimum Gasteiger partial charge on any atom is -0.423 e. The van der Waals surface area contributed by atoms with Crippen LogP contribution < -0.4 is 15.0 Å². The van der Waals surface area contributed by atoms with Gasteiger partial charge in [-0.2, -0.15) is 0 Å². The third-order valence-corrected chi connectivity index (χ3v) is 5.32. The summed E-state index contributed by atoms with van der Waals surface area (Å²) >= 11 is 6.14. The molecule has 0 aliphatic carbocycles. The zero-order chi connectivity index (χ0) is 24.4. The molecule has 4 rings (SSSR count). The number of esters is 1. The maximum Gasteiger partial charge on any atom is 0.343 e. The number of nitro groups is 1. The molecule has 0 aromatic heterocycles. The molecule has 10 heteroatoms. The van der Waals surface area contributed by atoms with Crippen molar-refractivity contribution in [1.82, 2.24) is 0 Å². The number of carbonyl (C=O) groups is 3. The lowest BCUT2D eigenvalue weighted by Crippen LogP contribution is -2.32. The van der Waals surface area contributed by atoms with Crippen LogP contribution in [0.3, 0.4) is 0 Å². The van der Waals surface area contributed by atoms with Crippen LogP contribution in [0.5, 0.6) is 5.75 Å². The fraction of sp³-hybridized carbons (Fsp3) is 0.0417. The van der Waals surface area contributed by atoms with Gasteiger partial charge in [-0.3, -0.25) is 19.7 Å². The smallest absolute Gasteiger partial charge is 0.343 e. The molecular formula is C24H16ClN3O6. The molecule has 170 valence electrons. The molecule has 0 saturated carbocycles. The van der Waals surface area contributed by atoms with Gasteiger partial charge < -0.3 is 10.1 Å². The largest absolute Gasteiger partial charge is 0.423 e. The number of carbonyl (C=O) groups excluding carboxylic acids is 3. The molecule has 1 aliphatic heterocycles. The number of nitro benzene ring substituents is 1. The summed E-state index contributed by atoms with van der Waals surface area (Å²) in [4.78, 5) is 48.9. The number of non-ortho nitro benzene ring substituents is 1. The number of hydrogen-bond donors (Lipinski definition) is 1. The maximum atomic E-state index is 12.8. The van der Waals surface area contributed by atoms with Gasteiger partial charge in [0.05, 0.1) is 16.2 Å². The summed E-state index contributed by atoms with van der Waals surface area (Å²) in [6.07, 6.45) is 0. The molecule has 2 amide bonds. The molecular weight excluding hydrogens is 462 g/mol. The highest BCUT2D eigenvalue weighted by Crippen LogP contribution is 2.30. The topological polar surface area (TPSA) is 119 Å². The molecule has 0 spiro atoms. The Kier molecular flexibility index (Phi) is 6.11. The van der Waals surface area contributed by atoms with Crippen molar-refractivity contribution < 1.29 is 24.0 Å². The van der Waals surface area contributed by atoms with Crippen molar-refractivity contribution in [2.75, 3.05) is 10.2 Å². The summed E-state index contributed by atoms with van der Waals surface area (Å²) in [5.74, 6) is -1.75. The number of amides is 2. The van der Waals surface area contributed by atoms with E-state index in [0.717, 1.165) is 10.5 Å². The van der Waals surface area contributed by atoms with Gasteiger partial charge in [-0.25, -0.2) is 9.69 Å². The van der Waals surface area contributed by atoms with Crippen LogP contribution in [0.4, 0.5) is 17.1 Å². The Morgan fingerprint density at radius 1 is 0.941 bits per heavy atom. The van der Waals surface area contributed by atoms with Crippen LogP contribution in [0.25, 0.3) is 0 Å². The summed E-state index contributed by atoms with van der Waals surface area (Å²) in [5, 5.41) is 13.3. The van der Waals surface area contributed by atoms with Crippen LogP contribution in [0, 0.1) is 17.0 Å². The highest BCUT2D eigenvalue weighted by Gasteiger charge is 2.38. The molecule has 0 radical (unpaired) electrons. The molecule has 34 heavy (non-hydrogen) atoms. The van der Waals surface area contributed by atoms with E-state index in [9.17, 15) is 24.5 Å². The van der Waals surface area contributed by atoms with Gasteiger partial charge in [0.2, 0.25) is 0 Å². The standard InChI is InChI=1S/C24H16ClN3O6/c1-14-2-8-17(9-3-14)27-22(29)20(25)21(23(27)30)26-16-6-4-15(5-7-16)24(31)34-19-12-10-18(11-13-19)28(32)33/h2-13,26H,1H3. The Labute approximate surface area is 198 Å². The SMILES string of the molecule is Cc1ccc(N2C(=O)C(Cl)=C(Nc3ccc(C(=O)Oc4ccc([N+](=O)[O-])cc4)cc3)C2=O)cc1. The van der Waals surface area contributed by atoms with E-state index in [2.05, 4.69) is 5.32 Å². The highest BCUT2D eigenvalue weighted by atomic mass is 35.5. The van der Waals surface area contributed by atoms with Crippen LogP contribution >= 0.6 is 11.6 Å². The van der Waals surface area contributed by atoms with Crippen molar-refractivity contribution in [1.29, 1.82) is 0 Å². The average Bonchev–Trinajstić information content (AvgIpc) is 3.03. The second-order valence-corrected chi connectivity index (χ2v) is 7.69. The van der Waals surface area contributed by atoms with E-state index in [-0.39, 0.29) is 27.7 Å². The lowest BCUT2D eigenvalue weighted by molar-refractivity contribution is -0.384. The Balaban J connectivity index is 1.45. The Hall–Kier alpha value is -4.50. The molecule has 0 saturated heterocycles. The zero-order valence-electron chi connectivity index (χ0n) is 17.7. The number of hydrogen-bond acceptors (Lipinski definition) is 7. The fourth-order valence-corrected chi connectivity index (χ4v) is 3.39. The Morgan fingerprint density at radius 3 is 2.15 bits per heavy atom. The van der Waals surface area contributed by atoms with Crippen molar-refractivity contribution in [3.05, 3.63) is 105 Å². The van der Waals surface area contributed by atoms with Gasteiger partial charge in [-0.15, -0.1) is 0 Å². The molecule has 3 aromatic rings. The first-order chi connectivity index (χ1) is 16.2. The van der Waals surface area contributed by atoms with Gasteiger partial charge in [0, 0.05) is 17.8 Å². The lowest BCUT2D eigenvalue weighted by atomic mass is 10.2. The number of imide groups is 1. The first-order valence-corrected chi connectivity index (χ1v) is 10.3. The van der Waals surface area contributed by atoms with Crippen LogP contribution in [0.15, 0.2) is 83.5 Å². The molecule has 3 aromatic carbocycles. The number of nitrogens with one attached hydrogen (secondary N) is 1. The van der Waals surface area contributed by atoms with Gasteiger partial charge in [-0.05, 0) is 55.5 Å². The van der Waals surface area contributed by atoms with Crippen molar-refractivity contribution >= 4 is 46.4 Å². The van der Waals surface area contributed by atoms with Crippen molar-refractivity contribution in [3.63, 3.8) is 0 Å². The summed E-state index contributed by atoms with van der Waals surface area (Å²) in [7, 11) is 0. The van der Waals surface area contributed by atoms with Gasteiger partial charge >= 0.3 is 5.97 Å². The predicted octanol–water partition coefficient (Wildman–Crippen LogP) is 4.56. The maximum absolute atomic E-state index is 12.8. The Morgan fingerprint density at radius 2 is 1.56 bits per heavy atom. The number of aryl methyl sites for hydroxylation is 1. The van der Waals surface area contributed by atoms with Crippen molar-refractivity contribution in [2.45, 2.75) is 6.92 Å². The van der Waals surface area contributed by atoms with E-state index in [1.54, 1.807) is 24.3 Å². The van der Waals surface area contributed by atoms with E-state index < -0.39 is 22.7 Å². The van der Waals surface area contributed by atoms with Crippen LogP contribution in [0.2, 0.25) is 0 Å². The Bertz CT molecular complexity index is 1330. The van der Waals surface area contributed by atoms with Crippen molar-refractivity contribution in [2.24, 2.45) is 0 Å². The zero-order valence-corrected chi connectivity index (χ0v) is 18.4. The monoisotopic (exact) mass is 477 g/mol. The number of anilines is 2. The minimum absolute atomic E-state index is 0.0755. The number of ether oxygens (including phenoxy) is 1. The summed E-state index contributed by atoms with van der Waals surface area (Å²) in [6, 6.07) is 17.9. The van der Waals surface area contributed by atoms with Crippen LogP contribution in [0.1, 0.15) is 15.9 Å². The molecule has 0 unspecified atom stereocenters.